The Balaban J connectivity index is 1.17. The number of nitrogens with zero attached hydrogens (tertiary/aromatic N) is 1. The lowest BCUT2D eigenvalue weighted by Gasteiger charge is -2.27. The molecule has 0 fully saturated rings. The van der Waals surface area contributed by atoms with Crippen LogP contribution in [-0.4, -0.2) is 54.1 Å². The first-order valence-corrected chi connectivity index (χ1v) is 20.1. The van der Waals surface area contributed by atoms with Crippen LogP contribution in [0.3, 0.4) is 0 Å². The lowest BCUT2D eigenvalue weighted by Crippen LogP contribution is -2.30. The Kier molecular flexibility index (Phi) is 13.7. The summed E-state index contributed by atoms with van der Waals surface area (Å²) in [6.07, 6.45) is 2.76. The predicted molar refractivity (Wildman–Crippen MR) is 223 cm³/mol. The van der Waals surface area contributed by atoms with Gasteiger partial charge in [0, 0.05) is 46.2 Å². The molecule has 6 rings (SSSR count). The molecule has 1 aliphatic rings. The predicted octanol–water partition coefficient (Wildman–Crippen LogP) is 8.41. The highest BCUT2D eigenvalue weighted by molar-refractivity contribution is 8.00. The van der Waals surface area contributed by atoms with E-state index in [9.17, 15) is 19.2 Å². The quantitative estimate of drug-likeness (QED) is 0.0549. The van der Waals surface area contributed by atoms with Crippen molar-refractivity contribution in [3.8, 4) is 5.75 Å². The van der Waals surface area contributed by atoms with Gasteiger partial charge in [0.15, 0.2) is 0 Å². The number of fused-ring (bicyclic) bond motifs is 1. The van der Waals surface area contributed by atoms with Gasteiger partial charge in [-0.1, -0.05) is 79.7 Å². The maximum atomic E-state index is 13.9. The van der Waals surface area contributed by atoms with E-state index in [1.807, 2.05) is 49.4 Å². The molecule has 3 amide bonds. The number of methoxy groups -OCH3 is 1. The molecule has 2 heterocycles. The second-order valence-corrected chi connectivity index (χ2v) is 15.4. The maximum Gasteiger partial charge on any atom is 0.341 e. The van der Waals surface area contributed by atoms with Crippen LogP contribution < -0.4 is 20.7 Å². The molecule has 1 atom stereocenters. The van der Waals surface area contributed by atoms with Crippen molar-refractivity contribution in [1.82, 2.24) is 10.2 Å². The van der Waals surface area contributed by atoms with E-state index in [0.717, 1.165) is 28.4 Å². The van der Waals surface area contributed by atoms with Crippen molar-refractivity contribution in [1.29, 1.82) is 0 Å². The molecule has 0 saturated heterocycles. The van der Waals surface area contributed by atoms with Gasteiger partial charge in [-0.05, 0) is 73.4 Å². The molecule has 0 saturated carbocycles. The minimum absolute atomic E-state index is 0.0199. The molecule has 0 radical (unpaired) electrons. The second-order valence-electron chi connectivity index (χ2n) is 13.0. The number of anilines is 2. The van der Waals surface area contributed by atoms with Crippen molar-refractivity contribution in [3.05, 3.63) is 148 Å². The molecule has 12 heteroatoms. The average molecular weight is 789 g/mol. The smallest absolute Gasteiger partial charge is 0.341 e. The topological polar surface area (TPSA) is 126 Å². The highest BCUT2D eigenvalue weighted by atomic mass is 32.2. The molecule has 4 aromatic carbocycles. The standard InChI is InChI=1S/C44H44N4O6S2/c1-4-37(42(51)47-43-39(44(52)54-5-2)34-23-24-48(28-38(34)56-43)27-29-15-8-6-9-16-29)55-33-21-14-20-32(26-33)45-41(50)35(25-31-19-12-13-22-36(31)53-3)46-40(49)30-17-10-7-11-18-30/h6-22,25-26,37H,4-5,23-24,27-28H2,1-3H3,(H,45,50)(H,46,49)(H,47,51)/b35-25+. The zero-order valence-corrected chi connectivity index (χ0v) is 33.1. The van der Waals surface area contributed by atoms with E-state index in [1.54, 1.807) is 67.6 Å². The summed E-state index contributed by atoms with van der Waals surface area (Å²) < 4.78 is 10.9. The summed E-state index contributed by atoms with van der Waals surface area (Å²) in [6, 6.07) is 33.3. The van der Waals surface area contributed by atoms with E-state index in [4.69, 9.17) is 9.47 Å². The Labute approximate surface area is 335 Å². The van der Waals surface area contributed by atoms with Crippen LogP contribution in [0, 0.1) is 0 Å². The summed E-state index contributed by atoms with van der Waals surface area (Å²) in [4.78, 5) is 58.2. The van der Waals surface area contributed by atoms with E-state index in [-0.39, 0.29) is 18.2 Å². The Morgan fingerprint density at radius 1 is 0.893 bits per heavy atom. The Morgan fingerprint density at radius 3 is 2.36 bits per heavy atom. The van der Waals surface area contributed by atoms with Gasteiger partial charge in [0.2, 0.25) is 5.91 Å². The van der Waals surface area contributed by atoms with E-state index in [1.165, 1.54) is 35.8 Å². The van der Waals surface area contributed by atoms with Crippen molar-refractivity contribution in [2.24, 2.45) is 0 Å². The van der Waals surface area contributed by atoms with E-state index >= 15 is 0 Å². The molecule has 0 aliphatic carbocycles. The number of thioether (sulfide) groups is 1. The van der Waals surface area contributed by atoms with Crippen LogP contribution >= 0.6 is 23.1 Å². The van der Waals surface area contributed by atoms with Crippen molar-refractivity contribution in [2.75, 3.05) is 30.9 Å². The number of nitrogens with one attached hydrogen (secondary N) is 3. The Morgan fingerprint density at radius 2 is 1.62 bits per heavy atom. The fourth-order valence-corrected chi connectivity index (χ4v) is 8.64. The third kappa shape index (κ3) is 10.1. The number of ether oxygens (including phenoxy) is 2. The number of carbonyl (C=O) groups is 4. The van der Waals surface area contributed by atoms with Crippen LogP contribution in [-0.2, 0) is 33.8 Å². The summed E-state index contributed by atoms with van der Waals surface area (Å²) in [5.41, 5.74) is 4.11. The molecule has 0 spiro atoms. The summed E-state index contributed by atoms with van der Waals surface area (Å²) in [6.45, 7) is 6.19. The van der Waals surface area contributed by atoms with Crippen molar-refractivity contribution in [2.45, 2.75) is 49.9 Å². The lowest BCUT2D eigenvalue weighted by atomic mass is 10.0. The SMILES string of the molecule is CCOC(=O)c1c(NC(=O)C(CC)Sc2cccc(NC(=O)/C(=C\c3ccccc3OC)NC(=O)c3ccccc3)c2)sc2c1CCN(Cc1ccccc1)C2. The van der Waals surface area contributed by atoms with Crippen LogP contribution in [0.2, 0.25) is 0 Å². The molecule has 1 aromatic heterocycles. The third-order valence-corrected chi connectivity index (χ3v) is 11.6. The minimum atomic E-state index is -0.539. The molecule has 1 aliphatic heterocycles. The lowest BCUT2D eigenvalue weighted by molar-refractivity contribution is -0.116. The number of hydrogen-bond acceptors (Lipinski definition) is 9. The molecule has 5 aromatic rings. The third-order valence-electron chi connectivity index (χ3n) is 9.10. The van der Waals surface area contributed by atoms with Crippen molar-refractivity contribution >= 4 is 63.6 Å². The highest BCUT2D eigenvalue weighted by Gasteiger charge is 2.31. The normalized spacial score (nSPS) is 13.2. The van der Waals surface area contributed by atoms with E-state index in [0.29, 0.717) is 52.5 Å². The van der Waals surface area contributed by atoms with Crippen molar-refractivity contribution < 1.29 is 28.7 Å². The Bertz CT molecular complexity index is 2210. The number of esters is 1. The van der Waals surface area contributed by atoms with E-state index < -0.39 is 23.0 Å². The second kappa shape index (κ2) is 19.3. The number of benzene rings is 4. The fourth-order valence-electron chi connectivity index (χ4n) is 6.35. The van der Waals surface area contributed by atoms with Gasteiger partial charge in [-0.2, -0.15) is 0 Å². The van der Waals surface area contributed by atoms with Gasteiger partial charge in [0.25, 0.3) is 11.8 Å². The minimum Gasteiger partial charge on any atom is -0.496 e. The number of amides is 3. The monoisotopic (exact) mass is 788 g/mol. The van der Waals surface area contributed by atoms with Crippen LogP contribution in [0.15, 0.2) is 120 Å². The first kappa shape index (κ1) is 40.0. The number of carbonyl (C=O) groups excluding carboxylic acids is 4. The average Bonchev–Trinajstić information content (AvgIpc) is 3.57. The molecule has 0 bridgehead atoms. The molecule has 1 unspecified atom stereocenters. The zero-order valence-electron chi connectivity index (χ0n) is 31.5. The van der Waals surface area contributed by atoms with Crippen LogP contribution in [0.1, 0.15) is 62.6 Å². The number of para-hydroxylation sites is 1. The summed E-state index contributed by atoms with van der Waals surface area (Å²) in [5, 5.41) is 8.75. The summed E-state index contributed by atoms with van der Waals surface area (Å²) in [7, 11) is 1.54. The number of hydrogen-bond donors (Lipinski definition) is 3. The highest BCUT2D eigenvalue weighted by Crippen LogP contribution is 2.39. The van der Waals surface area contributed by atoms with Gasteiger partial charge in [0.1, 0.15) is 16.4 Å². The molecule has 288 valence electrons. The van der Waals surface area contributed by atoms with Crippen molar-refractivity contribution in [3.63, 3.8) is 0 Å². The summed E-state index contributed by atoms with van der Waals surface area (Å²) >= 11 is 2.79. The molecule has 10 nitrogen and oxygen atoms in total. The van der Waals surface area contributed by atoms with Crippen LogP contribution in [0.5, 0.6) is 5.75 Å². The van der Waals surface area contributed by atoms with Gasteiger partial charge in [-0.3, -0.25) is 19.3 Å². The largest absolute Gasteiger partial charge is 0.496 e. The Hall–Kier alpha value is -5.69. The molecule has 56 heavy (non-hydrogen) atoms. The number of thiophene rings is 1. The van der Waals surface area contributed by atoms with Gasteiger partial charge >= 0.3 is 5.97 Å². The molecule has 3 N–H and O–H groups in total. The van der Waals surface area contributed by atoms with Gasteiger partial charge in [-0.15, -0.1) is 23.1 Å². The van der Waals surface area contributed by atoms with Crippen LogP contribution in [0.25, 0.3) is 6.08 Å². The van der Waals surface area contributed by atoms with Gasteiger partial charge < -0.3 is 25.4 Å². The molecular formula is C44H44N4O6S2. The maximum absolute atomic E-state index is 13.9. The first-order valence-electron chi connectivity index (χ1n) is 18.4. The molecular weight excluding hydrogens is 745 g/mol. The zero-order chi connectivity index (χ0) is 39.4. The fraction of sp³-hybridized carbons (Fsp3) is 0.227. The van der Waals surface area contributed by atoms with Crippen LogP contribution in [0.4, 0.5) is 10.7 Å². The van der Waals surface area contributed by atoms with E-state index in [2.05, 4.69) is 33.0 Å². The first-order chi connectivity index (χ1) is 27.3. The number of rotatable bonds is 15. The van der Waals surface area contributed by atoms with Gasteiger partial charge in [0.05, 0.1) is 24.5 Å². The van der Waals surface area contributed by atoms with Gasteiger partial charge in [-0.25, -0.2) is 4.79 Å². The summed E-state index contributed by atoms with van der Waals surface area (Å²) in [5.74, 6) is -1.10.